The van der Waals surface area contributed by atoms with Crippen molar-refractivity contribution in [1.82, 2.24) is 30.5 Å². The van der Waals surface area contributed by atoms with E-state index in [4.69, 9.17) is 4.52 Å². The Hall–Kier alpha value is -2.54. The third kappa shape index (κ3) is 2.31. The quantitative estimate of drug-likeness (QED) is 0.784. The predicted molar refractivity (Wildman–Crippen MR) is 75.3 cm³/mol. The highest BCUT2D eigenvalue weighted by molar-refractivity contribution is 5.57. The number of benzene rings is 1. The maximum Gasteiger partial charge on any atom is 0.280 e. The van der Waals surface area contributed by atoms with Gasteiger partial charge in [0.25, 0.3) is 5.89 Å². The average molecular weight is 282 g/mol. The van der Waals surface area contributed by atoms with E-state index in [0.29, 0.717) is 23.5 Å². The molecule has 3 aromatic rings. The number of hydrogen-bond donors (Lipinski definition) is 1. The van der Waals surface area contributed by atoms with Crippen LogP contribution in [-0.4, -0.2) is 38.2 Å². The van der Waals surface area contributed by atoms with Gasteiger partial charge in [-0.05, 0) is 13.0 Å². The van der Waals surface area contributed by atoms with Gasteiger partial charge in [-0.15, -0.1) is 5.10 Å². The lowest BCUT2D eigenvalue weighted by molar-refractivity contribution is 0.431. The molecule has 0 spiro atoms. The second-order valence-electron chi connectivity index (χ2n) is 5.02. The molecule has 21 heavy (non-hydrogen) atoms. The van der Waals surface area contributed by atoms with Gasteiger partial charge in [-0.25, -0.2) is 4.68 Å². The molecule has 106 valence electrons. The SMILES string of the molecule is c1ccc(-c2noc(-c3cn(C4CCNC4)nn3)n2)cc1. The van der Waals surface area contributed by atoms with E-state index in [1.165, 1.54) is 0 Å². The lowest BCUT2D eigenvalue weighted by atomic mass is 10.2. The van der Waals surface area contributed by atoms with Crippen molar-refractivity contribution < 1.29 is 4.52 Å². The number of hydrogen-bond acceptors (Lipinski definition) is 6. The van der Waals surface area contributed by atoms with Gasteiger partial charge in [-0.3, -0.25) is 0 Å². The fourth-order valence-corrected chi connectivity index (χ4v) is 2.45. The summed E-state index contributed by atoms with van der Waals surface area (Å²) in [4.78, 5) is 4.38. The summed E-state index contributed by atoms with van der Waals surface area (Å²) < 4.78 is 7.15. The third-order valence-corrected chi connectivity index (χ3v) is 3.60. The summed E-state index contributed by atoms with van der Waals surface area (Å²) >= 11 is 0. The molecule has 0 bridgehead atoms. The van der Waals surface area contributed by atoms with E-state index in [2.05, 4.69) is 25.8 Å². The number of aromatic nitrogens is 5. The first-order valence-electron chi connectivity index (χ1n) is 6.92. The molecule has 4 rings (SSSR count). The van der Waals surface area contributed by atoms with Crippen LogP contribution in [0.3, 0.4) is 0 Å². The van der Waals surface area contributed by atoms with E-state index in [0.717, 1.165) is 25.1 Å². The smallest absolute Gasteiger partial charge is 0.280 e. The summed E-state index contributed by atoms with van der Waals surface area (Å²) in [6.07, 6.45) is 2.92. The minimum atomic E-state index is 0.350. The van der Waals surface area contributed by atoms with Crippen LogP contribution in [-0.2, 0) is 0 Å². The van der Waals surface area contributed by atoms with Gasteiger partial charge in [0, 0.05) is 12.1 Å². The van der Waals surface area contributed by atoms with Gasteiger partial charge in [0.2, 0.25) is 5.82 Å². The highest BCUT2D eigenvalue weighted by Gasteiger charge is 2.20. The van der Waals surface area contributed by atoms with Crippen molar-refractivity contribution >= 4 is 0 Å². The number of rotatable bonds is 3. The largest absolute Gasteiger partial charge is 0.332 e. The molecule has 0 amide bonds. The van der Waals surface area contributed by atoms with Crippen LogP contribution in [0.25, 0.3) is 23.0 Å². The summed E-state index contributed by atoms with van der Waals surface area (Å²) in [5, 5.41) is 15.6. The first-order valence-corrected chi connectivity index (χ1v) is 6.92. The van der Waals surface area contributed by atoms with Crippen LogP contribution in [0.1, 0.15) is 12.5 Å². The van der Waals surface area contributed by atoms with Crippen LogP contribution in [0.15, 0.2) is 41.1 Å². The summed E-state index contributed by atoms with van der Waals surface area (Å²) in [7, 11) is 0. The second kappa shape index (κ2) is 5.10. The molecule has 0 saturated carbocycles. The van der Waals surface area contributed by atoms with Gasteiger partial charge in [-0.2, -0.15) is 4.98 Å². The second-order valence-corrected chi connectivity index (χ2v) is 5.02. The average Bonchev–Trinajstić information content (AvgIpc) is 3.27. The molecule has 0 radical (unpaired) electrons. The van der Waals surface area contributed by atoms with Crippen molar-refractivity contribution in [1.29, 1.82) is 0 Å². The molecule has 2 aromatic heterocycles. The summed E-state index contributed by atoms with van der Waals surface area (Å²) in [6.45, 7) is 1.93. The molecule has 1 aliphatic heterocycles. The summed E-state index contributed by atoms with van der Waals surface area (Å²) in [5.41, 5.74) is 1.52. The molecule has 1 aliphatic rings. The van der Waals surface area contributed by atoms with Gasteiger partial charge in [0.15, 0.2) is 5.69 Å². The first kappa shape index (κ1) is 12.2. The van der Waals surface area contributed by atoms with E-state index in [9.17, 15) is 0 Å². The van der Waals surface area contributed by atoms with Crippen LogP contribution in [0.5, 0.6) is 0 Å². The van der Waals surface area contributed by atoms with E-state index in [1.54, 1.807) is 0 Å². The monoisotopic (exact) mass is 282 g/mol. The normalized spacial score (nSPS) is 18.2. The lowest BCUT2D eigenvalue weighted by Gasteiger charge is -2.05. The van der Waals surface area contributed by atoms with Crippen molar-refractivity contribution in [3.63, 3.8) is 0 Å². The zero-order valence-corrected chi connectivity index (χ0v) is 11.3. The minimum absolute atomic E-state index is 0.350. The molecule has 1 fully saturated rings. The van der Waals surface area contributed by atoms with Gasteiger partial charge in [0.05, 0.1) is 12.2 Å². The lowest BCUT2D eigenvalue weighted by Crippen LogP contribution is -2.13. The van der Waals surface area contributed by atoms with Crippen LogP contribution in [0.4, 0.5) is 0 Å². The maximum absolute atomic E-state index is 5.29. The third-order valence-electron chi connectivity index (χ3n) is 3.60. The molecular formula is C14H14N6O. The molecule has 7 heteroatoms. The Morgan fingerprint density at radius 3 is 2.95 bits per heavy atom. The van der Waals surface area contributed by atoms with Gasteiger partial charge >= 0.3 is 0 Å². The molecule has 1 atom stereocenters. The zero-order chi connectivity index (χ0) is 14.1. The molecular weight excluding hydrogens is 268 g/mol. The molecule has 3 heterocycles. The van der Waals surface area contributed by atoms with Crippen molar-refractivity contribution in [3.05, 3.63) is 36.5 Å². The Labute approximate surface area is 121 Å². The summed E-state index contributed by atoms with van der Waals surface area (Å²) in [6, 6.07) is 10.1. The van der Waals surface area contributed by atoms with Crippen LogP contribution < -0.4 is 5.32 Å². The van der Waals surface area contributed by atoms with E-state index < -0.39 is 0 Å². The van der Waals surface area contributed by atoms with E-state index in [1.807, 2.05) is 41.2 Å². The molecule has 0 aliphatic carbocycles. The van der Waals surface area contributed by atoms with Crippen molar-refractivity contribution in [3.8, 4) is 23.0 Å². The van der Waals surface area contributed by atoms with E-state index >= 15 is 0 Å². The Bertz CT molecular complexity index is 729. The molecule has 1 saturated heterocycles. The maximum atomic E-state index is 5.29. The van der Waals surface area contributed by atoms with Crippen LogP contribution in [0.2, 0.25) is 0 Å². The highest BCUT2D eigenvalue weighted by Crippen LogP contribution is 2.22. The fourth-order valence-electron chi connectivity index (χ4n) is 2.45. The minimum Gasteiger partial charge on any atom is -0.332 e. The standard InChI is InChI=1S/C14H14N6O/c1-2-4-10(5-3-1)13-16-14(21-18-13)12-9-20(19-17-12)11-6-7-15-8-11/h1-5,9,11,15H,6-8H2. The molecule has 1 aromatic carbocycles. The predicted octanol–water partition coefficient (Wildman–Crippen LogP) is 1.53. The number of nitrogens with zero attached hydrogens (tertiary/aromatic N) is 5. The molecule has 7 nitrogen and oxygen atoms in total. The van der Waals surface area contributed by atoms with Gasteiger partial charge in [0.1, 0.15) is 0 Å². The Morgan fingerprint density at radius 1 is 1.24 bits per heavy atom. The van der Waals surface area contributed by atoms with Crippen molar-refractivity contribution in [2.75, 3.05) is 13.1 Å². The number of nitrogens with one attached hydrogen (secondary N) is 1. The Kier molecular flexibility index (Phi) is 2.97. The van der Waals surface area contributed by atoms with Gasteiger partial charge in [-0.1, -0.05) is 40.7 Å². The van der Waals surface area contributed by atoms with Crippen molar-refractivity contribution in [2.24, 2.45) is 0 Å². The fraction of sp³-hybridized carbons (Fsp3) is 0.286. The molecule has 1 N–H and O–H groups in total. The van der Waals surface area contributed by atoms with Crippen molar-refractivity contribution in [2.45, 2.75) is 12.5 Å². The summed E-state index contributed by atoms with van der Waals surface area (Å²) in [5.74, 6) is 0.953. The topological polar surface area (TPSA) is 81.7 Å². The Balaban J connectivity index is 1.61. The van der Waals surface area contributed by atoms with E-state index in [-0.39, 0.29) is 0 Å². The van der Waals surface area contributed by atoms with Crippen LogP contribution in [0, 0.1) is 0 Å². The van der Waals surface area contributed by atoms with Crippen LogP contribution >= 0.6 is 0 Å². The Morgan fingerprint density at radius 2 is 2.14 bits per heavy atom. The zero-order valence-electron chi connectivity index (χ0n) is 11.3. The first-order chi connectivity index (χ1) is 10.4. The van der Waals surface area contributed by atoms with Gasteiger partial charge < -0.3 is 9.84 Å². The molecule has 1 unspecified atom stereocenters. The highest BCUT2D eigenvalue weighted by atomic mass is 16.5.